The molecule has 2 aromatic heterocycles. The molecule has 1 aliphatic rings. The highest BCUT2D eigenvalue weighted by Gasteiger charge is 2.21. The monoisotopic (exact) mass is 500 g/mol. The molecule has 0 aliphatic carbocycles. The topological polar surface area (TPSA) is 130 Å². The Kier molecular flexibility index (Phi) is 8.70. The van der Waals surface area contributed by atoms with Gasteiger partial charge in [0.05, 0.1) is 23.5 Å². The first-order valence-corrected chi connectivity index (χ1v) is 12.5. The van der Waals surface area contributed by atoms with E-state index in [0.717, 1.165) is 61.1 Å². The summed E-state index contributed by atoms with van der Waals surface area (Å²) in [6.45, 7) is 8.60. The third-order valence-corrected chi connectivity index (χ3v) is 5.65. The summed E-state index contributed by atoms with van der Waals surface area (Å²) in [5.74, 6) is 0. The van der Waals surface area contributed by atoms with E-state index >= 15 is 0 Å². The first-order valence-electron chi connectivity index (χ1n) is 12.5. The van der Waals surface area contributed by atoms with Gasteiger partial charge in [-0.05, 0) is 65.0 Å². The Labute approximate surface area is 210 Å². The third kappa shape index (κ3) is 7.14. The molecule has 1 fully saturated rings. The Morgan fingerprint density at radius 3 is 2.72 bits per heavy atom. The fourth-order valence-electron chi connectivity index (χ4n) is 3.97. The van der Waals surface area contributed by atoms with Gasteiger partial charge in [-0.3, -0.25) is 4.57 Å². The highest BCUT2D eigenvalue weighted by Crippen LogP contribution is 2.30. The van der Waals surface area contributed by atoms with Crippen molar-refractivity contribution in [2.75, 3.05) is 38.2 Å². The van der Waals surface area contributed by atoms with Gasteiger partial charge in [-0.15, -0.1) is 15.3 Å². The predicted molar refractivity (Wildman–Crippen MR) is 134 cm³/mol. The molecule has 0 radical (unpaired) electrons. The summed E-state index contributed by atoms with van der Waals surface area (Å²) >= 11 is 0. The number of unbranched alkanes of at least 4 members (excludes halogenated alkanes) is 1. The number of ether oxygens (including phenoxy) is 3. The molecule has 0 spiro atoms. The first-order chi connectivity index (χ1) is 17.4. The van der Waals surface area contributed by atoms with E-state index in [9.17, 15) is 4.79 Å². The zero-order valence-corrected chi connectivity index (χ0v) is 21.3. The van der Waals surface area contributed by atoms with Crippen LogP contribution in [0.5, 0.6) is 0 Å². The van der Waals surface area contributed by atoms with Crippen LogP contribution in [0.4, 0.5) is 10.5 Å². The number of hydrogen-bond donors (Lipinski definition) is 2. The van der Waals surface area contributed by atoms with E-state index in [1.807, 2.05) is 42.2 Å². The molecule has 1 aromatic carbocycles. The van der Waals surface area contributed by atoms with Crippen LogP contribution in [-0.4, -0.2) is 74.4 Å². The molecule has 1 aliphatic heterocycles. The molecular formula is C24H36N8O4. The quantitative estimate of drug-likeness (QED) is 0.380. The summed E-state index contributed by atoms with van der Waals surface area (Å²) < 4.78 is 20.7. The molecule has 3 heterocycles. The second-order valence-electron chi connectivity index (χ2n) is 9.76. The second kappa shape index (κ2) is 12.1. The van der Waals surface area contributed by atoms with Crippen LogP contribution in [0.3, 0.4) is 0 Å². The van der Waals surface area contributed by atoms with Gasteiger partial charge in [0.25, 0.3) is 0 Å². The maximum atomic E-state index is 11.7. The lowest BCUT2D eigenvalue weighted by Crippen LogP contribution is -2.33. The second-order valence-corrected chi connectivity index (χ2v) is 9.76. The van der Waals surface area contributed by atoms with Crippen molar-refractivity contribution in [3.63, 3.8) is 0 Å². The molecule has 12 heteroatoms. The molecule has 4 rings (SSSR count). The van der Waals surface area contributed by atoms with Crippen LogP contribution >= 0.6 is 0 Å². The van der Waals surface area contributed by atoms with Gasteiger partial charge in [-0.25, -0.2) is 9.48 Å². The lowest BCUT2D eigenvalue weighted by molar-refractivity contribution is -0.0377. The van der Waals surface area contributed by atoms with Crippen LogP contribution in [0.2, 0.25) is 0 Å². The van der Waals surface area contributed by atoms with Crippen LogP contribution < -0.4 is 10.6 Å². The van der Waals surface area contributed by atoms with Crippen molar-refractivity contribution in [1.82, 2.24) is 35.1 Å². The molecule has 2 N–H and O–H groups in total. The highest BCUT2D eigenvalue weighted by molar-refractivity contribution is 5.90. The van der Waals surface area contributed by atoms with Crippen LogP contribution in [0.25, 0.3) is 16.7 Å². The number of alkyl carbamates (subject to hydrolysis) is 1. The molecule has 196 valence electrons. The largest absolute Gasteiger partial charge is 0.444 e. The van der Waals surface area contributed by atoms with Gasteiger partial charge in [0.15, 0.2) is 6.23 Å². The number of benzene rings is 1. The van der Waals surface area contributed by atoms with Crippen molar-refractivity contribution in [3.8, 4) is 5.69 Å². The Morgan fingerprint density at radius 1 is 1.14 bits per heavy atom. The number of nitrogens with one attached hydrogen (secondary N) is 2. The summed E-state index contributed by atoms with van der Waals surface area (Å²) in [6.07, 6.45) is 7.59. The molecule has 36 heavy (non-hydrogen) atoms. The smallest absolute Gasteiger partial charge is 0.407 e. The average molecular weight is 501 g/mol. The van der Waals surface area contributed by atoms with Crippen molar-refractivity contribution < 1.29 is 19.0 Å². The fraction of sp³-hybridized carbons (Fsp3) is 0.625. The predicted octanol–water partition coefficient (Wildman–Crippen LogP) is 3.44. The Hall–Kier alpha value is -3.25. The number of aromatic nitrogens is 6. The van der Waals surface area contributed by atoms with Crippen molar-refractivity contribution in [2.45, 2.75) is 64.7 Å². The summed E-state index contributed by atoms with van der Waals surface area (Å²) in [5.41, 5.74) is 2.97. The summed E-state index contributed by atoms with van der Waals surface area (Å²) in [6, 6.07) is 4.04. The molecular weight excluding hydrogens is 464 g/mol. The van der Waals surface area contributed by atoms with Crippen molar-refractivity contribution in [3.05, 3.63) is 24.8 Å². The number of fused-ring (bicyclic) bond motifs is 1. The van der Waals surface area contributed by atoms with Gasteiger partial charge in [0, 0.05) is 26.3 Å². The number of nitrogens with zero attached hydrogens (tertiary/aromatic N) is 6. The van der Waals surface area contributed by atoms with Crippen molar-refractivity contribution in [2.24, 2.45) is 0 Å². The number of carbonyl (C=O) groups excluding carboxylic acids is 1. The van der Waals surface area contributed by atoms with Crippen LogP contribution in [0.15, 0.2) is 24.8 Å². The molecule has 1 saturated heterocycles. The van der Waals surface area contributed by atoms with E-state index < -0.39 is 5.60 Å². The summed E-state index contributed by atoms with van der Waals surface area (Å²) in [4.78, 5) is 11.7. The van der Waals surface area contributed by atoms with Gasteiger partial charge >= 0.3 is 6.09 Å². The molecule has 1 amide bonds. The van der Waals surface area contributed by atoms with Crippen LogP contribution in [-0.2, 0) is 14.2 Å². The minimum atomic E-state index is -0.487. The van der Waals surface area contributed by atoms with Crippen molar-refractivity contribution >= 4 is 22.8 Å². The van der Waals surface area contributed by atoms with E-state index in [1.165, 1.54) is 0 Å². The van der Waals surface area contributed by atoms with Gasteiger partial charge < -0.3 is 24.8 Å². The van der Waals surface area contributed by atoms with Crippen LogP contribution in [0.1, 0.15) is 59.1 Å². The zero-order chi connectivity index (χ0) is 25.4. The van der Waals surface area contributed by atoms with Gasteiger partial charge in [-0.1, -0.05) is 5.21 Å². The van der Waals surface area contributed by atoms with Gasteiger partial charge in [-0.2, -0.15) is 0 Å². The van der Waals surface area contributed by atoms with E-state index in [-0.39, 0.29) is 12.3 Å². The fourth-order valence-corrected chi connectivity index (χ4v) is 3.97. The summed E-state index contributed by atoms with van der Waals surface area (Å²) in [7, 11) is 0. The Bertz CT molecular complexity index is 1100. The van der Waals surface area contributed by atoms with E-state index in [0.29, 0.717) is 26.3 Å². The number of hydrogen-bond acceptors (Lipinski definition) is 9. The first kappa shape index (κ1) is 25.8. The van der Waals surface area contributed by atoms with E-state index in [2.05, 4.69) is 31.1 Å². The molecule has 0 saturated carbocycles. The third-order valence-electron chi connectivity index (χ3n) is 5.65. The van der Waals surface area contributed by atoms with Crippen molar-refractivity contribution in [1.29, 1.82) is 0 Å². The van der Waals surface area contributed by atoms with E-state index in [4.69, 9.17) is 14.2 Å². The average Bonchev–Trinajstić information content (AvgIpc) is 3.53. The molecule has 12 nitrogen and oxygen atoms in total. The molecule has 0 bridgehead atoms. The highest BCUT2D eigenvalue weighted by atomic mass is 16.6. The number of anilines is 1. The number of rotatable bonds is 11. The number of carbonyl (C=O) groups is 1. The maximum Gasteiger partial charge on any atom is 0.407 e. The molecule has 1 atom stereocenters. The maximum absolute atomic E-state index is 11.7. The Balaban J connectivity index is 1.28. The normalized spacial score (nSPS) is 16.2. The minimum absolute atomic E-state index is 0.110. The lowest BCUT2D eigenvalue weighted by atomic mass is 10.1. The molecule has 1 unspecified atom stereocenters. The standard InChI is InChI=1S/C24H36N8O4/c1-24(2,3)36-23(33)26-9-5-7-11-34-13-10-25-19-14-18(31-16-27-28-17-31)15-20-22(19)29-30-32(20)21-8-4-6-12-35-21/h14-17,21,25H,4-13H2,1-3H3,(H,26,33). The van der Waals surface area contributed by atoms with Gasteiger partial charge in [0.1, 0.15) is 23.8 Å². The number of amides is 1. The van der Waals surface area contributed by atoms with E-state index in [1.54, 1.807) is 12.7 Å². The summed E-state index contributed by atoms with van der Waals surface area (Å²) in [5, 5.41) is 22.9. The minimum Gasteiger partial charge on any atom is -0.444 e. The SMILES string of the molecule is CC(C)(C)OC(=O)NCCCCOCCNc1cc(-n2cnnc2)cc2c1nnn2C1CCCCO1. The lowest BCUT2D eigenvalue weighted by Gasteiger charge is -2.23. The molecule has 3 aromatic rings. The zero-order valence-electron chi connectivity index (χ0n) is 21.3. The Morgan fingerprint density at radius 2 is 1.97 bits per heavy atom. The van der Waals surface area contributed by atoms with Crippen LogP contribution in [0, 0.1) is 0 Å². The van der Waals surface area contributed by atoms with Gasteiger partial charge in [0.2, 0.25) is 0 Å².